The van der Waals surface area contributed by atoms with E-state index in [4.69, 9.17) is 52.4 Å². The highest BCUT2D eigenvalue weighted by Crippen LogP contribution is 2.35. The molecule has 42 nitrogen and oxygen atoms in total. The molecule has 9 amide bonds. The zero-order valence-electron chi connectivity index (χ0n) is 58.8. The van der Waals surface area contributed by atoms with E-state index in [0.29, 0.717) is 35.2 Å². The number of rotatable bonds is 44. The van der Waals surface area contributed by atoms with E-state index in [9.17, 15) is 79.2 Å². The number of anilines is 1. The Morgan fingerprint density at radius 1 is 0.698 bits per heavy atom. The van der Waals surface area contributed by atoms with Gasteiger partial charge in [-0.15, -0.1) is 22.7 Å². The summed E-state index contributed by atoms with van der Waals surface area (Å²) in [5, 5.41) is 118. The Bertz CT molecular complexity index is 3530. The summed E-state index contributed by atoms with van der Waals surface area (Å²) < 4.78 is 28.8. The van der Waals surface area contributed by atoms with E-state index in [-0.39, 0.29) is 59.9 Å². The van der Waals surface area contributed by atoms with E-state index in [1.54, 1.807) is 10.8 Å². The van der Waals surface area contributed by atoms with Crippen LogP contribution in [0.2, 0.25) is 0 Å². The van der Waals surface area contributed by atoms with Gasteiger partial charge in [-0.3, -0.25) is 38.4 Å². The number of carbonyl (C=O) groups is 9. The van der Waals surface area contributed by atoms with Gasteiger partial charge in [0, 0.05) is 62.3 Å². The van der Waals surface area contributed by atoms with Crippen LogP contribution in [0.5, 0.6) is 0 Å². The van der Waals surface area contributed by atoms with Crippen molar-refractivity contribution in [3.8, 4) is 10.7 Å². The van der Waals surface area contributed by atoms with Gasteiger partial charge in [-0.25, -0.2) is 29.7 Å². The van der Waals surface area contributed by atoms with Crippen LogP contribution in [-0.4, -0.2) is 287 Å². The lowest BCUT2D eigenvalue weighted by Gasteiger charge is -2.47. The SMILES string of the molecule is CC(=O)NCCCNCCCCNCCCNC(=O)c1csc(-c2csc(CCNC(=O)[C@@H](NC(=O)[C@@H](C)[C@H](O)[C@@H](C)NC(=O)[C@@H](NC(=O)c3nc([C@H](CC(N)=O)NC[C@H](N)C(N)=O)nc(N)c3C)[C@@H](O[C@@H]3O[C@@H](CO)[C@@H](O)[C@H](O)[C@@H]3O[C@H]3O[C@H](CO)[C@@H](O)[C@H](OC(N)=O)[C@@H]3O)c3cnc[nH]3)[C@@H](C)O)n2)n1. The minimum Gasteiger partial charge on any atom is -0.441 e. The lowest BCUT2D eigenvalue weighted by atomic mass is 9.96. The molecular weight excluding hydrogens is 1440 g/mol. The molecular formula is C62H98N20O22S2. The van der Waals surface area contributed by atoms with Gasteiger partial charge in [-0.2, -0.15) is 0 Å². The number of aromatic amines is 1. The number of thiazole rings is 2. The van der Waals surface area contributed by atoms with E-state index >= 15 is 4.79 Å². The summed E-state index contributed by atoms with van der Waals surface area (Å²) in [7, 11) is 0. The first-order chi connectivity index (χ1) is 50.3. The van der Waals surface area contributed by atoms with Crippen molar-refractivity contribution in [2.24, 2.45) is 28.9 Å². The number of nitrogens with zero attached hydrogens (tertiary/aromatic N) is 5. The van der Waals surface area contributed by atoms with E-state index < -0.39 is 183 Å². The number of ether oxygens (including phenoxy) is 5. The van der Waals surface area contributed by atoms with Crippen molar-refractivity contribution < 1.29 is 108 Å². The van der Waals surface area contributed by atoms with Gasteiger partial charge in [0.25, 0.3) is 11.8 Å². The summed E-state index contributed by atoms with van der Waals surface area (Å²) >= 11 is 2.50. The number of nitrogen functional groups attached to an aromatic ring is 1. The van der Waals surface area contributed by atoms with Gasteiger partial charge in [0.05, 0.1) is 72.7 Å². The molecule has 0 bridgehead atoms. The number of primary amides is 3. The summed E-state index contributed by atoms with van der Waals surface area (Å²) in [4.78, 5) is 142. The minimum absolute atomic E-state index is 0.0216. The average molecular weight is 1540 g/mol. The van der Waals surface area contributed by atoms with Gasteiger partial charge in [-0.1, -0.05) is 6.92 Å². The summed E-state index contributed by atoms with van der Waals surface area (Å²) in [5.41, 5.74) is 28.1. The molecule has 28 N–H and O–H groups in total. The molecule has 590 valence electrons. The third kappa shape index (κ3) is 25.2. The maximum absolute atomic E-state index is 15.2. The fourth-order valence-corrected chi connectivity index (χ4v) is 12.5. The molecule has 0 unspecified atom stereocenters. The van der Waals surface area contributed by atoms with Crippen molar-refractivity contribution in [1.82, 2.24) is 77.8 Å². The number of nitrogens with two attached hydrogens (primary N) is 5. The summed E-state index contributed by atoms with van der Waals surface area (Å²) in [6.45, 7) is 8.46. The van der Waals surface area contributed by atoms with E-state index in [0.717, 1.165) is 58.0 Å². The maximum Gasteiger partial charge on any atom is 0.404 e. The van der Waals surface area contributed by atoms with Gasteiger partial charge >= 0.3 is 6.09 Å². The lowest BCUT2D eigenvalue weighted by Crippen LogP contribution is -2.65. The van der Waals surface area contributed by atoms with Crippen LogP contribution >= 0.6 is 22.7 Å². The van der Waals surface area contributed by atoms with Crippen LogP contribution in [0.3, 0.4) is 0 Å². The third-order valence-electron chi connectivity index (χ3n) is 16.9. The van der Waals surface area contributed by atoms with Crippen molar-refractivity contribution in [3.05, 3.63) is 56.8 Å². The molecule has 0 aromatic carbocycles. The molecule has 4 aromatic heterocycles. The van der Waals surface area contributed by atoms with Crippen LogP contribution in [-0.2, 0) is 58.9 Å². The molecule has 2 aliphatic heterocycles. The number of aliphatic hydroxyl groups is 8. The van der Waals surface area contributed by atoms with Gasteiger partial charge in [-0.05, 0) is 72.6 Å². The van der Waals surface area contributed by atoms with Crippen molar-refractivity contribution in [1.29, 1.82) is 0 Å². The molecule has 6 heterocycles. The molecule has 2 saturated heterocycles. The van der Waals surface area contributed by atoms with Crippen molar-refractivity contribution >= 4 is 81.8 Å². The number of nitrogens with one attached hydrogen (secondary N) is 10. The highest BCUT2D eigenvalue weighted by atomic mass is 32.1. The fourth-order valence-electron chi connectivity index (χ4n) is 10.9. The van der Waals surface area contributed by atoms with Crippen molar-refractivity contribution in [2.75, 3.05) is 71.3 Å². The summed E-state index contributed by atoms with van der Waals surface area (Å²) in [5.74, 6) is -8.82. The zero-order valence-corrected chi connectivity index (χ0v) is 60.5. The fraction of sp³-hybridized carbons (Fsp3) is 0.645. The Hall–Kier alpha value is -8.26. The number of hydrogen-bond donors (Lipinski definition) is 23. The largest absolute Gasteiger partial charge is 0.441 e. The maximum atomic E-state index is 15.2. The zero-order chi connectivity index (χ0) is 78.1. The number of aromatic nitrogens is 6. The predicted octanol–water partition coefficient (Wildman–Crippen LogP) is -8.10. The Labute approximate surface area is 615 Å². The first-order valence-electron chi connectivity index (χ1n) is 34.0. The summed E-state index contributed by atoms with van der Waals surface area (Å²) in [6.07, 6.45) is -21.7. The van der Waals surface area contributed by atoms with Crippen LogP contribution in [0, 0.1) is 12.8 Å². The molecule has 2 aliphatic rings. The lowest BCUT2D eigenvalue weighted by molar-refractivity contribution is -0.372. The predicted molar refractivity (Wildman–Crippen MR) is 373 cm³/mol. The van der Waals surface area contributed by atoms with E-state index in [1.807, 2.05) is 0 Å². The van der Waals surface area contributed by atoms with Gasteiger partial charge in [0.15, 0.2) is 18.7 Å². The molecule has 4 aromatic rings. The number of hydrogen-bond acceptors (Lipinski definition) is 34. The van der Waals surface area contributed by atoms with Gasteiger partial charge in [0.2, 0.25) is 35.4 Å². The molecule has 0 spiro atoms. The number of imidazole rings is 1. The molecule has 2 fully saturated rings. The first kappa shape index (κ1) is 86.7. The van der Waals surface area contributed by atoms with Crippen LogP contribution in [0.4, 0.5) is 10.6 Å². The Kier molecular flexibility index (Phi) is 34.6. The average Bonchev–Trinajstić information content (AvgIpc) is 0.998. The summed E-state index contributed by atoms with van der Waals surface area (Å²) in [6, 6.07) is -7.89. The minimum atomic E-state index is -2.20. The second kappa shape index (κ2) is 42.3. The number of H-pyrrole nitrogens is 1. The standard InChI is InChI=1S/C62H98N20O22S2/c1-26-40(79-53(82-51(26)65)32(18-38(64)87)74-19-31(63)52(66)93)57(97)81-42(48(33-20-70-25-75-33)102-61-50(46(91)44(89)36(21-83)101-61)103-60-47(92)49(104-62(67)99)45(90)37(22-84)100-60)58(98)76-28(3)43(88)27(2)54(94)80-41(29(4)85)56(96)73-17-10-39-77-35(24-105-39)59-78-34(23-106-59)55(95)72-16-9-14-69-12-7-6-11-68-13-8-15-71-30(5)86/h20,23-25,27-29,31-32,36-37,41-50,60-61,68-69,74,83-85,88-92H,6-19,21-22,63H2,1-5H3,(H2,64,87)(H2,66,93)(H2,67,99)(H,70,75)(H,71,86)(H,72,95)(H,73,96)(H,76,98)(H,80,94)(H,81,97)(H2,65,79,82)/t27-,28+,29+,31-,32-,36-,37+,41-,42-,43-,44+,45+,46-,47-,48-,49-,50-,60+,61-/m0/s1. The Morgan fingerprint density at radius 2 is 1.35 bits per heavy atom. The van der Waals surface area contributed by atoms with Crippen LogP contribution < -0.4 is 76.5 Å². The molecule has 0 saturated carbocycles. The van der Waals surface area contributed by atoms with Crippen molar-refractivity contribution in [3.63, 3.8) is 0 Å². The second-order valence-electron chi connectivity index (χ2n) is 25.2. The van der Waals surface area contributed by atoms with Gasteiger partial charge < -0.3 is 146 Å². The van der Waals surface area contributed by atoms with Crippen molar-refractivity contribution in [2.45, 2.75) is 183 Å². The molecule has 106 heavy (non-hydrogen) atoms. The second-order valence-corrected chi connectivity index (χ2v) is 27.0. The monoisotopic (exact) mass is 1540 g/mol. The first-order valence-corrected chi connectivity index (χ1v) is 35.7. The van der Waals surface area contributed by atoms with Gasteiger partial charge in [0.1, 0.15) is 94.6 Å². The molecule has 0 aliphatic carbocycles. The van der Waals surface area contributed by atoms with E-state index in [1.165, 1.54) is 57.3 Å². The number of unbranched alkanes of at least 4 members (excludes halogenated alkanes) is 1. The Morgan fingerprint density at radius 3 is 1.96 bits per heavy atom. The highest BCUT2D eigenvalue weighted by Gasteiger charge is 2.54. The third-order valence-corrected chi connectivity index (χ3v) is 18.7. The molecule has 44 heteroatoms. The molecule has 6 rings (SSSR count). The smallest absolute Gasteiger partial charge is 0.404 e. The Balaban J connectivity index is 1.16. The molecule has 19 atom stereocenters. The van der Waals surface area contributed by atoms with Crippen LogP contribution in [0.1, 0.15) is 115 Å². The number of carbonyl (C=O) groups excluding carboxylic acids is 9. The quantitative estimate of drug-likeness (QED) is 0.0183. The number of amides is 9. The topological polar surface area (TPSA) is 680 Å². The highest BCUT2D eigenvalue weighted by molar-refractivity contribution is 7.14. The van der Waals surface area contributed by atoms with Crippen LogP contribution in [0.25, 0.3) is 10.7 Å². The van der Waals surface area contributed by atoms with Crippen LogP contribution in [0.15, 0.2) is 23.3 Å². The molecule has 0 radical (unpaired) electrons. The van der Waals surface area contributed by atoms with E-state index in [2.05, 4.69) is 77.8 Å². The number of aliphatic hydroxyl groups excluding tert-OH is 8. The normalized spacial score (nSPS) is 22.7.